The average Bonchev–Trinajstić information content (AvgIpc) is 2.90. The fourth-order valence-corrected chi connectivity index (χ4v) is 2.62. The van der Waals surface area contributed by atoms with Crippen molar-refractivity contribution >= 4 is 23.3 Å². The Morgan fingerprint density at radius 3 is 2.52 bits per heavy atom. The summed E-state index contributed by atoms with van der Waals surface area (Å²) >= 11 is 0. The Morgan fingerprint density at radius 1 is 1.09 bits per heavy atom. The zero-order valence-corrected chi connectivity index (χ0v) is 12.5. The summed E-state index contributed by atoms with van der Waals surface area (Å²) in [5.41, 5.74) is 2.01. The van der Waals surface area contributed by atoms with Crippen LogP contribution in [0.1, 0.15) is 34.3 Å². The molecule has 2 aromatic rings. The third-order valence-corrected chi connectivity index (χ3v) is 3.70. The van der Waals surface area contributed by atoms with E-state index in [-0.39, 0.29) is 12.4 Å². The summed E-state index contributed by atoms with van der Waals surface area (Å²) in [6.07, 6.45) is 0. The van der Waals surface area contributed by atoms with E-state index in [0.29, 0.717) is 22.4 Å². The Labute approximate surface area is 133 Å². The Hall–Kier alpha value is -2.95. The number of fused-ring (bicyclic) bond motifs is 1. The maximum Gasteiger partial charge on any atom is 0.323 e. The van der Waals surface area contributed by atoms with Crippen LogP contribution in [0.25, 0.3) is 0 Å². The Balaban J connectivity index is 1.97. The van der Waals surface area contributed by atoms with E-state index in [1.54, 1.807) is 49.4 Å². The highest BCUT2D eigenvalue weighted by molar-refractivity contribution is 6.16. The standard InChI is InChI=1S/C18H15NO4/c1-2-23-18(22)15-13-10-12(8-9-14(13)19-17(15)21)16(20)11-6-4-3-5-7-11/h3-10,15H,2H2,1H3,(H,19,21). The lowest BCUT2D eigenvalue weighted by atomic mass is 9.95. The van der Waals surface area contributed by atoms with E-state index in [9.17, 15) is 14.4 Å². The van der Waals surface area contributed by atoms with E-state index in [1.807, 2.05) is 6.07 Å². The molecule has 1 aliphatic heterocycles. The van der Waals surface area contributed by atoms with Crippen molar-refractivity contribution in [3.05, 3.63) is 65.2 Å². The van der Waals surface area contributed by atoms with E-state index in [0.717, 1.165) is 0 Å². The molecule has 1 unspecified atom stereocenters. The third-order valence-electron chi connectivity index (χ3n) is 3.70. The van der Waals surface area contributed by atoms with Crippen LogP contribution in [0.4, 0.5) is 5.69 Å². The molecule has 0 fully saturated rings. The van der Waals surface area contributed by atoms with Gasteiger partial charge in [-0.25, -0.2) is 0 Å². The molecule has 116 valence electrons. The summed E-state index contributed by atoms with van der Waals surface area (Å²) in [5.74, 6) is -2.21. The number of carbonyl (C=O) groups is 3. The molecule has 1 aliphatic rings. The van der Waals surface area contributed by atoms with E-state index >= 15 is 0 Å². The van der Waals surface area contributed by atoms with Crippen LogP contribution in [0.15, 0.2) is 48.5 Å². The van der Waals surface area contributed by atoms with Crippen LogP contribution in [0.5, 0.6) is 0 Å². The van der Waals surface area contributed by atoms with Crippen LogP contribution in [0.3, 0.4) is 0 Å². The second-order valence-corrected chi connectivity index (χ2v) is 5.17. The molecule has 1 amide bonds. The van der Waals surface area contributed by atoms with Gasteiger partial charge in [0.25, 0.3) is 0 Å². The number of hydrogen-bond acceptors (Lipinski definition) is 4. The fraction of sp³-hybridized carbons (Fsp3) is 0.167. The van der Waals surface area contributed by atoms with Crippen molar-refractivity contribution < 1.29 is 19.1 Å². The highest BCUT2D eigenvalue weighted by Gasteiger charge is 2.38. The molecule has 1 N–H and O–H groups in total. The summed E-state index contributed by atoms with van der Waals surface area (Å²) < 4.78 is 4.95. The van der Waals surface area contributed by atoms with E-state index < -0.39 is 17.8 Å². The predicted octanol–water partition coefficient (Wildman–Crippen LogP) is 2.52. The fourth-order valence-electron chi connectivity index (χ4n) is 2.62. The van der Waals surface area contributed by atoms with Crippen molar-refractivity contribution in [2.75, 3.05) is 11.9 Å². The van der Waals surface area contributed by atoms with Gasteiger partial charge in [-0.05, 0) is 30.7 Å². The van der Waals surface area contributed by atoms with Gasteiger partial charge in [-0.3, -0.25) is 14.4 Å². The number of carbonyl (C=O) groups excluding carboxylic acids is 3. The molecule has 0 radical (unpaired) electrons. The first-order valence-electron chi connectivity index (χ1n) is 7.33. The molecule has 2 aromatic carbocycles. The molecule has 0 bridgehead atoms. The van der Waals surface area contributed by atoms with Gasteiger partial charge in [-0.1, -0.05) is 30.3 Å². The first-order chi connectivity index (χ1) is 11.1. The summed E-state index contributed by atoms with van der Waals surface area (Å²) in [5, 5.41) is 2.64. The normalized spacial score (nSPS) is 15.7. The van der Waals surface area contributed by atoms with E-state index in [4.69, 9.17) is 4.74 Å². The molecular formula is C18H15NO4. The molecular weight excluding hydrogens is 294 g/mol. The van der Waals surface area contributed by atoms with E-state index in [2.05, 4.69) is 5.32 Å². The Morgan fingerprint density at radius 2 is 1.83 bits per heavy atom. The number of nitrogens with one attached hydrogen (secondary N) is 1. The number of hydrogen-bond donors (Lipinski definition) is 1. The van der Waals surface area contributed by atoms with Crippen molar-refractivity contribution in [1.29, 1.82) is 0 Å². The highest BCUT2D eigenvalue weighted by atomic mass is 16.5. The van der Waals surface area contributed by atoms with Crippen LogP contribution in [0.2, 0.25) is 0 Å². The molecule has 0 spiro atoms. The van der Waals surface area contributed by atoms with Crippen molar-refractivity contribution in [3.8, 4) is 0 Å². The number of ketones is 1. The first kappa shape index (κ1) is 15.0. The average molecular weight is 309 g/mol. The van der Waals surface area contributed by atoms with Gasteiger partial charge < -0.3 is 10.1 Å². The molecule has 0 aliphatic carbocycles. The van der Waals surface area contributed by atoms with Crippen molar-refractivity contribution in [3.63, 3.8) is 0 Å². The molecule has 0 saturated carbocycles. The van der Waals surface area contributed by atoms with Crippen molar-refractivity contribution in [2.24, 2.45) is 0 Å². The molecule has 5 nitrogen and oxygen atoms in total. The number of amides is 1. The van der Waals surface area contributed by atoms with Crippen molar-refractivity contribution in [2.45, 2.75) is 12.8 Å². The highest BCUT2D eigenvalue weighted by Crippen LogP contribution is 2.34. The first-order valence-corrected chi connectivity index (χ1v) is 7.33. The summed E-state index contributed by atoms with van der Waals surface area (Å²) in [7, 11) is 0. The zero-order chi connectivity index (χ0) is 16.4. The Kier molecular flexibility index (Phi) is 3.93. The largest absolute Gasteiger partial charge is 0.465 e. The van der Waals surface area contributed by atoms with Gasteiger partial charge in [0.15, 0.2) is 11.7 Å². The predicted molar refractivity (Wildman–Crippen MR) is 84.3 cm³/mol. The van der Waals surface area contributed by atoms with Gasteiger partial charge >= 0.3 is 5.97 Å². The lowest BCUT2D eigenvalue weighted by molar-refractivity contribution is -0.147. The maximum absolute atomic E-state index is 12.5. The lowest BCUT2D eigenvalue weighted by Crippen LogP contribution is -2.23. The van der Waals surface area contributed by atoms with Crippen LogP contribution in [-0.2, 0) is 14.3 Å². The lowest BCUT2D eigenvalue weighted by Gasteiger charge is -2.09. The molecule has 5 heteroatoms. The van der Waals surface area contributed by atoms with Crippen molar-refractivity contribution in [1.82, 2.24) is 0 Å². The number of esters is 1. The van der Waals surface area contributed by atoms with Gasteiger partial charge in [-0.15, -0.1) is 0 Å². The Bertz CT molecular complexity index is 783. The maximum atomic E-state index is 12.5. The number of rotatable bonds is 4. The zero-order valence-electron chi connectivity index (χ0n) is 12.5. The van der Waals surface area contributed by atoms with Crippen LogP contribution in [0, 0.1) is 0 Å². The van der Waals surface area contributed by atoms with Crippen LogP contribution < -0.4 is 5.32 Å². The topological polar surface area (TPSA) is 72.5 Å². The monoisotopic (exact) mass is 309 g/mol. The molecule has 1 atom stereocenters. The minimum Gasteiger partial charge on any atom is -0.465 e. The minimum absolute atomic E-state index is 0.157. The smallest absolute Gasteiger partial charge is 0.323 e. The molecule has 0 saturated heterocycles. The summed E-state index contributed by atoms with van der Waals surface area (Å²) in [6, 6.07) is 13.7. The molecule has 23 heavy (non-hydrogen) atoms. The van der Waals surface area contributed by atoms with Crippen LogP contribution >= 0.6 is 0 Å². The second-order valence-electron chi connectivity index (χ2n) is 5.17. The second kappa shape index (κ2) is 6.04. The van der Waals surface area contributed by atoms with Gasteiger partial charge in [0.05, 0.1) is 6.61 Å². The minimum atomic E-state index is -1.02. The quantitative estimate of drug-likeness (QED) is 0.535. The number of ether oxygens (including phenoxy) is 1. The van der Waals surface area contributed by atoms with Gasteiger partial charge in [-0.2, -0.15) is 0 Å². The SMILES string of the molecule is CCOC(=O)C1C(=O)Nc2ccc(C(=O)c3ccccc3)cc21. The summed E-state index contributed by atoms with van der Waals surface area (Å²) in [4.78, 5) is 36.5. The number of anilines is 1. The number of benzene rings is 2. The van der Waals surface area contributed by atoms with Gasteiger partial charge in [0.1, 0.15) is 0 Å². The van der Waals surface area contributed by atoms with Gasteiger partial charge in [0, 0.05) is 16.8 Å². The van der Waals surface area contributed by atoms with Crippen LogP contribution in [-0.4, -0.2) is 24.3 Å². The third kappa shape index (κ3) is 2.73. The molecule has 1 heterocycles. The molecule has 0 aromatic heterocycles. The van der Waals surface area contributed by atoms with E-state index in [1.165, 1.54) is 0 Å². The van der Waals surface area contributed by atoms with Gasteiger partial charge in [0.2, 0.25) is 5.91 Å². The summed E-state index contributed by atoms with van der Waals surface area (Å²) in [6.45, 7) is 1.88. The molecule has 3 rings (SSSR count).